The van der Waals surface area contributed by atoms with Gasteiger partial charge in [0, 0.05) is 36.0 Å². The van der Waals surface area contributed by atoms with Crippen LogP contribution in [0.2, 0.25) is 0 Å². The van der Waals surface area contributed by atoms with Gasteiger partial charge in [-0.25, -0.2) is 9.78 Å². The molecule has 0 aliphatic carbocycles. The van der Waals surface area contributed by atoms with Gasteiger partial charge >= 0.3 is 5.97 Å². The first-order valence-corrected chi connectivity index (χ1v) is 14.9. The zero-order valence-electron chi connectivity index (χ0n) is 23.9. The monoisotopic (exact) mass is 591 g/mol. The molecule has 218 valence electrons. The number of carbonyl (C=O) groups excluding carboxylic acids is 1. The smallest absolute Gasteiger partial charge is 0.326 e. The van der Waals surface area contributed by atoms with Crippen LogP contribution >= 0.6 is 11.3 Å². The van der Waals surface area contributed by atoms with Crippen molar-refractivity contribution in [2.75, 3.05) is 18.6 Å². The number of hydrogen-bond acceptors (Lipinski definition) is 6. The van der Waals surface area contributed by atoms with Crippen LogP contribution in [0.25, 0.3) is 11.3 Å². The van der Waals surface area contributed by atoms with Gasteiger partial charge in [0.05, 0.1) is 12.8 Å². The molecule has 1 heterocycles. The van der Waals surface area contributed by atoms with Gasteiger partial charge < -0.3 is 20.1 Å². The van der Waals surface area contributed by atoms with Crippen molar-refractivity contribution >= 4 is 28.3 Å². The van der Waals surface area contributed by atoms with E-state index in [-0.39, 0.29) is 6.42 Å². The van der Waals surface area contributed by atoms with E-state index < -0.39 is 17.9 Å². The second-order valence-corrected chi connectivity index (χ2v) is 11.0. The first-order chi connectivity index (χ1) is 21.0. The van der Waals surface area contributed by atoms with Crippen LogP contribution < -0.4 is 15.0 Å². The Morgan fingerprint density at radius 2 is 1.58 bits per heavy atom. The van der Waals surface area contributed by atoms with Crippen LogP contribution in [0.5, 0.6) is 5.75 Å². The van der Waals surface area contributed by atoms with E-state index in [0.717, 1.165) is 46.2 Å². The highest BCUT2D eigenvalue weighted by Crippen LogP contribution is 2.30. The molecule has 4 aromatic carbocycles. The van der Waals surface area contributed by atoms with Gasteiger partial charge in [0.25, 0.3) is 5.91 Å². The SMILES string of the molecule is COc1cccc(-c2csc(N(CCc3ccccc3)Cc3ccc(C(=O)NC(Cc4ccccc4)C(=O)O)cc3)n2)c1. The highest BCUT2D eigenvalue weighted by Gasteiger charge is 2.21. The molecular formula is C35H33N3O4S. The Bertz CT molecular complexity index is 1640. The molecule has 0 saturated heterocycles. The summed E-state index contributed by atoms with van der Waals surface area (Å²) in [6.07, 6.45) is 1.06. The predicted molar refractivity (Wildman–Crippen MR) is 171 cm³/mol. The summed E-state index contributed by atoms with van der Waals surface area (Å²) in [5.41, 5.74) is 5.40. The van der Waals surface area contributed by atoms with E-state index in [0.29, 0.717) is 12.1 Å². The van der Waals surface area contributed by atoms with E-state index in [1.54, 1.807) is 30.6 Å². The van der Waals surface area contributed by atoms with Gasteiger partial charge in [-0.15, -0.1) is 11.3 Å². The molecule has 1 unspecified atom stereocenters. The van der Waals surface area contributed by atoms with Crippen LogP contribution in [0.15, 0.2) is 115 Å². The van der Waals surface area contributed by atoms with Crippen molar-refractivity contribution in [3.63, 3.8) is 0 Å². The van der Waals surface area contributed by atoms with Crippen molar-refractivity contribution in [1.82, 2.24) is 10.3 Å². The molecule has 8 heteroatoms. The molecule has 0 aliphatic rings. The normalized spacial score (nSPS) is 11.5. The molecule has 2 N–H and O–H groups in total. The number of thiazole rings is 1. The van der Waals surface area contributed by atoms with Gasteiger partial charge in [-0.2, -0.15) is 0 Å². The van der Waals surface area contributed by atoms with Crippen LogP contribution in [0.4, 0.5) is 5.13 Å². The van der Waals surface area contributed by atoms with E-state index >= 15 is 0 Å². The number of ether oxygens (including phenoxy) is 1. The number of carboxylic acids is 1. The van der Waals surface area contributed by atoms with E-state index in [9.17, 15) is 14.7 Å². The number of nitrogens with one attached hydrogen (secondary N) is 1. The van der Waals surface area contributed by atoms with Gasteiger partial charge in [0.15, 0.2) is 5.13 Å². The highest BCUT2D eigenvalue weighted by molar-refractivity contribution is 7.14. The summed E-state index contributed by atoms with van der Waals surface area (Å²) >= 11 is 1.59. The van der Waals surface area contributed by atoms with Gasteiger partial charge in [-0.1, -0.05) is 84.9 Å². The first kappa shape index (κ1) is 29.5. The second kappa shape index (κ2) is 14.3. The van der Waals surface area contributed by atoms with E-state index in [2.05, 4.69) is 27.7 Å². The molecule has 0 bridgehead atoms. The maximum absolute atomic E-state index is 12.9. The minimum absolute atomic E-state index is 0.210. The van der Waals surface area contributed by atoms with Crippen LogP contribution in [-0.4, -0.2) is 41.7 Å². The lowest BCUT2D eigenvalue weighted by Gasteiger charge is -2.22. The Morgan fingerprint density at radius 3 is 2.26 bits per heavy atom. The number of carboxylic acid groups (broad SMARTS) is 1. The maximum atomic E-state index is 12.9. The number of rotatable bonds is 13. The lowest BCUT2D eigenvalue weighted by atomic mass is 10.0. The van der Waals surface area contributed by atoms with Gasteiger partial charge in [-0.3, -0.25) is 4.79 Å². The van der Waals surface area contributed by atoms with Gasteiger partial charge in [-0.05, 0) is 47.4 Å². The third-order valence-corrected chi connectivity index (χ3v) is 8.02. The fourth-order valence-electron chi connectivity index (χ4n) is 4.75. The van der Waals surface area contributed by atoms with Crippen LogP contribution in [0.3, 0.4) is 0 Å². The summed E-state index contributed by atoms with van der Waals surface area (Å²) in [5.74, 6) is -0.704. The number of methoxy groups -OCH3 is 1. The van der Waals surface area contributed by atoms with Gasteiger partial charge in [0.2, 0.25) is 0 Å². The van der Waals surface area contributed by atoms with Gasteiger partial charge in [0.1, 0.15) is 11.8 Å². The Morgan fingerprint density at radius 1 is 0.884 bits per heavy atom. The first-order valence-electron chi connectivity index (χ1n) is 14.0. The van der Waals surface area contributed by atoms with Crippen molar-refractivity contribution in [1.29, 1.82) is 0 Å². The molecule has 1 amide bonds. The lowest BCUT2D eigenvalue weighted by molar-refractivity contribution is -0.139. The minimum atomic E-state index is -1.07. The Hall–Kier alpha value is -4.95. The fraction of sp³-hybridized carbons (Fsp3) is 0.171. The largest absolute Gasteiger partial charge is 0.497 e. The summed E-state index contributed by atoms with van der Waals surface area (Å²) in [6.45, 7) is 1.36. The van der Waals surface area contributed by atoms with E-state index in [1.807, 2.05) is 84.9 Å². The topological polar surface area (TPSA) is 91.8 Å². The van der Waals surface area contributed by atoms with Crippen LogP contribution in [-0.2, 0) is 24.2 Å². The van der Waals surface area contributed by atoms with E-state index in [1.165, 1.54) is 5.56 Å². The number of nitrogens with zero attached hydrogens (tertiary/aromatic N) is 2. The van der Waals surface area contributed by atoms with Crippen molar-refractivity contribution in [2.45, 2.75) is 25.4 Å². The van der Waals surface area contributed by atoms with Crippen molar-refractivity contribution in [3.8, 4) is 17.0 Å². The molecule has 7 nitrogen and oxygen atoms in total. The summed E-state index contributed by atoms with van der Waals surface area (Å²) < 4.78 is 5.39. The average molecular weight is 592 g/mol. The molecule has 5 rings (SSSR count). The Kier molecular flexibility index (Phi) is 9.82. The number of aromatic nitrogens is 1. The fourth-order valence-corrected chi connectivity index (χ4v) is 5.61. The summed E-state index contributed by atoms with van der Waals surface area (Å²) in [7, 11) is 1.65. The summed E-state index contributed by atoms with van der Waals surface area (Å²) in [5, 5.41) is 15.3. The predicted octanol–water partition coefficient (Wildman–Crippen LogP) is 6.49. The molecule has 0 saturated carbocycles. The second-order valence-electron chi connectivity index (χ2n) is 10.2. The van der Waals surface area contributed by atoms with Crippen molar-refractivity contribution in [3.05, 3.63) is 137 Å². The molecule has 43 heavy (non-hydrogen) atoms. The standard InChI is InChI=1S/C35H33N3O4S/c1-42-30-14-8-13-29(22-30)32-24-43-35(37-32)38(20-19-25-9-4-2-5-10-25)23-27-15-17-28(18-16-27)33(39)36-31(34(40)41)21-26-11-6-3-7-12-26/h2-18,22,24,31H,19-21,23H2,1H3,(H,36,39)(H,40,41). The number of anilines is 1. The molecule has 0 fully saturated rings. The number of carbonyl (C=O) groups is 2. The lowest BCUT2D eigenvalue weighted by Crippen LogP contribution is -2.42. The van der Waals surface area contributed by atoms with Crippen LogP contribution in [0.1, 0.15) is 27.0 Å². The molecule has 5 aromatic rings. The Balaban J connectivity index is 1.30. The number of benzene rings is 4. The zero-order valence-corrected chi connectivity index (χ0v) is 24.7. The quantitative estimate of drug-likeness (QED) is 0.163. The summed E-state index contributed by atoms with van der Waals surface area (Å²) in [6, 6.07) is 33.8. The minimum Gasteiger partial charge on any atom is -0.497 e. The third kappa shape index (κ3) is 8.08. The van der Waals surface area contributed by atoms with Crippen molar-refractivity contribution in [2.24, 2.45) is 0 Å². The highest BCUT2D eigenvalue weighted by atomic mass is 32.1. The molecule has 0 aliphatic heterocycles. The van der Waals surface area contributed by atoms with Crippen LogP contribution in [0, 0.1) is 0 Å². The molecule has 1 atom stereocenters. The number of amides is 1. The molecule has 1 aromatic heterocycles. The zero-order chi connectivity index (χ0) is 30.0. The average Bonchev–Trinajstić information content (AvgIpc) is 3.54. The maximum Gasteiger partial charge on any atom is 0.326 e. The third-order valence-electron chi connectivity index (χ3n) is 7.12. The Labute approximate surface area is 255 Å². The summed E-state index contributed by atoms with van der Waals surface area (Å²) in [4.78, 5) is 32.0. The molecular weight excluding hydrogens is 558 g/mol. The van der Waals surface area contributed by atoms with Crippen molar-refractivity contribution < 1.29 is 19.4 Å². The number of aliphatic carboxylic acids is 1. The van der Waals surface area contributed by atoms with E-state index in [4.69, 9.17) is 9.72 Å². The molecule has 0 spiro atoms. The number of hydrogen-bond donors (Lipinski definition) is 2. The molecule has 0 radical (unpaired) electrons.